The molecule has 0 aliphatic rings. The fraction of sp³-hybridized carbons (Fsp3) is 0. The van der Waals surface area contributed by atoms with E-state index in [-0.39, 0.29) is 4.74 Å². The molecule has 0 bridgehead atoms. The summed E-state index contributed by atoms with van der Waals surface area (Å²) >= 11 is 4.61. The minimum Gasteiger partial charge on any atom is -0.398 e. The molecule has 2 nitrogen and oxygen atoms in total. The molecule has 0 amide bonds. The van der Waals surface area contributed by atoms with Gasteiger partial charge in [0.25, 0.3) is 0 Å². The maximum atomic E-state index is 11.1. The standard InChI is InChI=1S/C9H6BrNOS/c10-9-5-1-4-8(12)13-7(5)3-2-6(9)11/h1-4H,11H2. The van der Waals surface area contributed by atoms with Crippen molar-refractivity contribution in [2.75, 3.05) is 5.73 Å². The maximum absolute atomic E-state index is 11.1. The molecule has 0 saturated heterocycles. The van der Waals surface area contributed by atoms with E-state index in [0.717, 1.165) is 14.6 Å². The van der Waals surface area contributed by atoms with Crippen molar-refractivity contribution >= 4 is 43.0 Å². The predicted octanol–water partition coefficient (Wildman–Crippen LogP) is 2.61. The van der Waals surface area contributed by atoms with Gasteiger partial charge in [0.15, 0.2) is 0 Å². The number of hydrogen-bond donors (Lipinski definition) is 1. The molecule has 2 rings (SSSR count). The lowest BCUT2D eigenvalue weighted by atomic mass is 10.2. The van der Waals surface area contributed by atoms with Gasteiger partial charge in [-0.05, 0) is 40.2 Å². The SMILES string of the molecule is Nc1ccc2sc(=O)ccc2c1Br. The van der Waals surface area contributed by atoms with Crippen molar-refractivity contribution in [3.05, 3.63) is 38.3 Å². The highest BCUT2D eigenvalue weighted by Crippen LogP contribution is 2.29. The molecule has 4 heteroatoms. The molecule has 2 aromatic rings. The van der Waals surface area contributed by atoms with Crippen LogP contribution in [0, 0.1) is 0 Å². The first kappa shape index (κ1) is 8.72. The third-order valence-electron chi connectivity index (χ3n) is 1.77. The minimum atomic E-state index is 0.0594. The van der Waals surface area contributed by atoms with E-state index in [0.29, 0.717) is 5.69 Å². The zero-order chi connectivity index (χ0) is 9.42. The Morgan fingerprint density at radius 3 is 2.77 bits per heavy atom. The van der Waals surface area contributed by atoms with E-state index in [1.165, 1.54) is 11.3 Å². The molecule has 0 atom stereocenters. The minimum absolute atomic E-state index is 0.0594. The molecule has 0 fully saturated rings. The summed E-state index contributed by atoms with van der Waals surface area (Å²) in [7, 11) is 0. The van der Waals surface area contributed by atoms with Gasteiger partial charge in [0.05, 0.1) is 0 Å². The van der Waals surface area contributed by atoms with Crippen molar-refractivity contribution < 1.29 is 0 Å². The van der Waals surface area contributed by atoms with Crippen LogP contribution >= 0.6 is 27.3 Å². The molecule has 0 aliphatic carbocycles. The average Bonchev–Trinajstić information content (AvgIpc) is 2.12. The van der Waals surface area contributed by atoms with Gasteiger partial charge in [0.1, 0.15) is 0 Å². The fourth-order valence-electron chi connectivity index (χ4n) is 1.13. The second-order valence-electron chi connectivity index (χ2n) is 2.64. The fourth-order valence-corrected chi connectivity index (χ4v) is 2.51. The topological polar surface area (TPSA) is 43.1 Å². The molecule has 1 heterocycles. The highest BCUT2D eigenvalue weighted by molar-refractivity contribution is 9.10. The summed E-state index contributed by atoms with van der Waals surface area (Å²) in [6.45, 7) is 0. The number of benzene rings is 1. The van der Waals surface area contributed by atoms with Crippen LogP contribution in [0.4, 0.5) is 5.69 Å². The third kappa shape index (κ3) is 1.47. The van der Waals surface area contributed by atoms with E-state index >= 15 is 0 Å². The lowest BCUT2D eigenvalue weighted by Gasteiger charge is -2.01. The molecule has 66 valence electrons. The number of hydrogen-bond acceptors (Lipinski definition) is 3. The van der Waals surface area contributed by atoms with Crippen LogP contribution in [0.1, 0.15) is 0 Å². The van der Waals surface area contributed by atoms with E-state index in [4.69, 9.17) is 5.73 Å². The van der Waals surface area contributed by atoms with Crippen LogP contribution in [-0.2, 0) is 0 Å². The van der Waals surface area contributed by atoms with Crippen LogP contribution in [-0.4, -0.2) is 0 Å². The Morgan fingerprint density at radius 1 is 1.23 bits per heavy atom. The molecule has 2 N–H and O–H groups in total. The van der Waals surface area contributed by atoms with Crippen molar-refractivity contribution in [2.45, 2.75) is 0 Å². The van der Waals surface area contributed by atoms with Crippen LogP contribution in [0.15, 0.2) is 33.5 Å². The lowest BCUT2D eigenvalue weighted by Crippen LogP contribution is -1.91. The van der Waals surface area contributed by atoms with Gasteiger partial charge in [0.2, 0.25) is 4.74 Å². The van der Waals surface area contributed by atoms with E-state index in [9.17, 15) is 4.79 Å². The maximum Gasteiger partial charge on any atom is 0.232 e. The van der Waals surface area contributed by atoms with Crippen LogP contribution in [0.3, 0.4) is 0 Å². The summed E-state index contributed by atoms with van der Waals surface area (Å²) in [6, 6.07) is 7.00. The monoisotopic (exact) mass is 255 g/mol. The number of rotatable bonds is 0. The van der Waals surface area contributed by atoms with Crippen LogP contribution in [0.5, 0.6) is 0 Å². The largest absolute Gasteiger partial charge is 0.398 e. The highest BCUT2D eigenvalue weighted by atomic mass is 79.9. The first-order valence-electron chi connectivity index (χ1n) is 3.66. The Bertz CT molecular complexity index is 520. The Hall–Kier alpha value is -0.870. The van der Waals surface area contributed by atoms with Gasteiger partial charge in [-0.1, -0.05) is 11.3 Å². The zero-order valence-electron chi connectivity index (χ0n) is 6.58. The van der Waals surface area contributed by atoms with E-state index in [1.54, 1.807) is 18.2 Å². The smallest absolute Gasteiger partial charge is 0.232 e. The van der Waals surface area contributed by atoms with Gasteiger partial charge in [-0.3, -0.25) is 4.79 Å². The molecule has 0 radical (unpaired) electrons. The van der Waals surface area contributed by atoms with Gasteiger partial charge in [0, 0.05) is 20.2 Å². The van der Waals surface area contributed by atoms with Crippen molar-refractivity contribution in [1.82, 2.24) is 0 Å². The quantitative estimate of drug-likeness (QED) is 0.736. The van der Waals surface area contributed by atoms with Gasteiger partial charge >= 0.3 is 0 Å². The molecular formula is C9H6BrNOS. The summed E-state index contributed by atoms with van der Waals surface area (Å²) in [4.78, 5) is 11.1. The summed E-state index contributed by atoms with van der Waals surface area (Å²) in [5.41, 5.74) is 6.40. The molecule has 0 unspecified atom stereocenters. The summed E-state index contributed by atoms with van der Waals surface area (Å²) in [5.74, 6) is 0. The molecule has 0 aliphatic heterocycles. The first-order valence-corrected chi connectivity index (χ1v) is 5.27. The number of nitrogens with two attached hydrogens (primary N) is 1. The van der Waals surface area contributed by atoms with Crippen molar-refractivity contribution in [1.29, 1.82) is 0 Å². The van der Waals surface area contributed by atoms with Crippen LogP contribution in [0.25, 0.3) is 10.1 Å². The van der Waals surface area contributed by atoms with Gasteiger partial charge < -0.3 is 5.73 Å². The van der Waals surface area contributed by atoms with E-state index < -0.39 is 0 Å². The third-order valence-corrected chi connectivity index (χ3v) is 3.56. The summed E-state index contributed by atoms with van der Waals surface area (Å²) < 4.78 is 1.87. The Kier molecular flexibility index (Phi) is 2.09. The van der Waals surface area contributed by atoms with Gasteiger partial charge in [-0.15, -0.1) is 0 Å². The average molecular weight is 256 g/mol. The molecule has 1 aromatic carbocycles. The number of nitrogen functional groups attached to an aromatic ring is 1. The normalized spacial score (nSPS) is 10.5. The predicted molar refractivity (Wildman–Crippen MR) is 60.2 cm³/mol. The molecule has 1 aromatic heterocycles. The van der Waals surface area contributed by atoms with Crippen molar-refractivity contribution in [2.24, 2.45) is 0 Å². The molecule has 0 spiro atoms. The number of fused-ring (bicyclic) bond motifs is 1. The summed E-state index contributed by atoms with van der Waals surface area (Å²) in [6.07, 6.45) is 0. The molecule has 0 saturated carbocycles. The van der Waals surface area contributed by atoms with E-state index in [1.807, 2.05) is 6.07 Å². The van der Waals surface area contributed by atoms with E-state index in [2.05, 4.69) is 15.9 Å². The second-order valence-corrected chi connectivity index (χ2v) is 4.47. The Labute approximate surface area is 87.1 Å². The highest BCUT2D eigenvalue weighted by Gasteiger charge is 2.02. The van der Waals surface area contributed by atoms with Gasteiger partial charge in [-0.25, -0.2) is 0 Å². The Balaban J connectivity index is 2.95. The first-order chi connectivity index (χ1) is 6.18. The number of halogens is 1. The molecule has 13 heavy (non-hydrogen) atoms. The van der Waals surface area contributed by atoms with Gasteiger partial charge in [-0.2, -0.15) is 0 Å². The lowest BCUT2D eigenvalue weighted by molar-refractivity contribution is 1.71. The van der Waals surface area contributed by atoms with Crippen LogP contribution in [0.2, 0.25) is 0 Å². The van der Waals surface area contributed by atoms with Crippen molar-refractivity contribution in [3.63, 3.8) is 0 Å². The van der Waals surface area contributed by atoms with Crippen molar-refractivity contribution in [3.8, 4) is 0 Å². The molecular weight excluding hydrogens is 250 g/mol. The zero-order valence-corrected chi connectivity index (χ0v) is 8.98. The Morgan fingerprint density at radius 2 is 2.00 bits per heavy atom. The van der Waals surface area contributed by atoms with Crippen LogP contribution < -0.4 is 10.5 Å². The summed E-state index contributed by atoms with van der Waals surface area (Å²) in [5, 5.41) is 0.990. The number of anilines is 1. The second kappa shape index (κ2) is 3.12.